The Hall–Kier alpha value is -1.97. The van der Waals surface area contributed by atoms with Crippen molar-refractivity contribution in [2.24, 2.45) is 7.05 Å². The van der Waals surface area contributed by atoms with Gasteiger partial charge in [0.25, 0.3) is 0 Å². The molecule has 0 aliphatic heterocycles. The van der Waals surface area contributed by atoms with Crippen LogP contribution in [-0.2, 0) is 24.7 Å². The maximum Gasteiger partial charge on any atom is 0.137 e. The lowest BCUT2D eigenvalue weighted by molar-refractivity contribution is -0.118. The molecule has 1 aromatic heterocycles. The van der Waals surface area contributed by atoms with E-state index in [9.17, 15) is 9.18 Å². The maximum absolute atomic E-state index is 13.5. The van der Waals surface area contributed by atoms with Crippen LogP contribution in [0.15, 0.2) is 24.3 Å². The molecule has 0 aliphatic rings. The molecule has 2 aromatic rings. The Balaban J connectivity index is 1.98. The lowest BCUT2D eigenvalue weighted by Crippen LogP contribution is -2.06. The summed E-state index contributed by atoms with van der Waals surface area (Å²) in [5.41, 5.74) is 3.64. The summed E-state index contributed by atoms with van der Waals surface area (Å²) in [5, 5.41) is 4.33. The Morgan fingerprint density at radius 2 is 2.00 bits per heavy atom. The Morgan fingerprint density at radius 1 is 1.30 bits per heavy atom. The summed E-state index contributed by atoms with van der Waals surface area (Å²) in [7, 11) is 1.90. The van der Waals surface area contributed by atoms with Crippen molar-refractivity contribution in [3.8, 4) is 0 Å². The van der Waals surface area contributed by atoms with E-state index in [-0.39, 0.29) is 18.0 Å². The first kappa shape index (κ1) is 14.4. The van der Waals surface area contributed by atoms with E-state index >= 15 is 0 Å². The summed E-state index contributed by atoms with van der Waals surface area (Å²) in [6.45, 7) is 3.94. The zero-order valence-electron chi connectivity index (χ0n) is 12.1. The van der Waals surface area contributed by atoms with E-state index in [1.165, 1.54) is 6.07 Å². The fourth-order valence-corrected chi connectivity index (χ4v) is 2.39. The number of halogens is 1. The predicted molar refractivity (Wildman–Crippen MR) is 76.1 cm³/mol. The zero-order chi connectivity index (χ0) is 14.7. The molecule has 0 saturated heterocycles. The number of hydrogen-bond donors (Lipinski definition) is 0. The van der Waals surface area contributed by atoms with Crippen LogP contribution in [0.4, 0.5) is 4.39 Å². The molecule has 1 aromatic carbocycles. The first-order valence-electron chi connectivity index (χ1n) is 6.73. The van der Waals surface area contributed by atoms with Crippen LogP contribution in [0, 0.1) is 19.7 Å². The number of benzene rings is 1. The van der Waals surface area contributed by atoms with Gasteiger partial charge in [-0.1, -0.05) is 18.2 Å². The van der Waals surface area contributed by atoms with Gasteiger partial charge in [0.1, 0.15) is 11.6 Å². The summed E-state index contributed by atoms with van der Waals surface area (Å²) >= 11 is 0. The van der Waals surface area contributed by atoms with Crippen LogP contribution in [-0.4, -0.2) is 15.6 Å². The Labute approximate surface area is 118 Å². The minimum atomic E-state index is -0.311. The Kier molecular flexibility index (Phi) is 4.32. The van der Waals surface area contributed by atoms with Crippen LogP contribution in [0.2, 0.25) is 0 Å². The van der Waals surface area contributed by atoms with Crippen LogP contribution in [0.3, 0.4) is 0 Å². The molecule has 2 rings (SSSR count). The first-order valence-corrected chi connectivity index (χ1v) is 6.73. The molecule has 1 heterocycles. The Bertz CT molecular complexity index is 631. The second-order valence-electron chi connectivity index (χ2n) is 5.08. The second kappa shape index (κ2) is 5.99. The molecule has 0 saturated carbocycles. The lowest BCUT2D eigenvalue weighted by atomic mass is 10.0. The highest BCUT2D eigenvalue weighted by atomic mass is 19.1. The largest absolute Gasteiger partial charge is 0.299 e. The molecule has 0 atom stereocenters. The molecule has 0 bridgehead atoms. The fraction of sp³-hybridized carbons (Fsp3) is 0.375. The molecule has 0 amide bonds. The molecular weight excluding hydrogens is 255 g/mol. The Morgan fingerprint density at radius 3 is 2.60 bits per heavy atom. The van der Waals surface area contributed by atoms with E-state index in [2.05, 4.69) is 5.10 Å². The highest BCUT2D eigenvalue weighted by Gasteiger charge is 2.12. The number of carbonyl (C=O) groups excluding carboxylic acids is 1. The molecule has 3 nitrogen and oxygen atoms in total. The number of aromatic nitrogens is 2. The predicted octanol–water partition coefficient (Wildman–Crippen LogP) is 2.92. The normalized spacial score (nSPS) is 10.8. The van der Waals surface area contributed by atoms with Crippen LogP contribution in [0.25, 0.3) is 0 Å². The van der Waals surface area contributed by atoms with Crippen LogP contribution in [0.1, 0.15) is 28.9 Å². The summed E-state index contributed by atoms with van der Waals surface area (Å²) in [6.07, 6.45) is 1.24. The number of rotatable bonds is 5. The lowest BCUT2D eigenvalue weighted by Gasteiger charge is -2.04. The molecule has 0 fully saturated rings. The number of ketones is 1. The van der Waals surface area contributed by atoms with Gasteiger partial charge in [-0.15, -0.1) is 0 Å². The average Bonchev–Trinajstić information content (AvgIpc) is 2.64. The van der Waals surface area contributed by atoms with Crippen LogP contribution >= 0.6 is 0 Å². The molecular formula is C16H19FN2O. The van der Waals surface area contributed by atoms with Crippen molar-refractivity contribution in [2.75, 3.05) is 0 Å². The third kappa shape index (κ3) is 3.13. The third-order valence-corrected chi connectivity index (χ3v) is 3.66. The monoisotopic (exact) mass is 274 g/mol. The van der Waals surface area contributed by atoms with Gasteiger partial charge in [-0.25, -0.2) is 4.39 Å². The van der Waals surface area contributed by atoms with Crippen LogP contribution < -0.4 is 0 Å². The molecule has 0 N–H and O–H groups in total. The topological polar surface area (TPSA) is 34.9 Å². The maximum atomic E-state index is 13.5. The zero-order valence-corrected chi connectivity index (χ0v) is 12.1. The number of Topliss-reactive ketones (excluding diaryl/α,β-unsaturated/α-hetero) is 1. The highest BCUT2D eigenvalue weighted by molar-refractivity contribution is 5.81. The van der Waals surface area contributed by atoms with E-state index in [4.69, 9.17) is 0 Å². The minimum absolute atomic E-state index is 0.0535. The van der Waals surface area contributed by atoms with Crippen molar-refractivity contribution >= 4 is 5.78 Å². The molecule has 4 heteroatoms. The van der Waals surface area contributed by atoms with Gasteiger partial charge in [0.2, 0.25) is 0 Å². The second-order valence-corrected chi connectivity index (χ2v) is 5.08. The fourth-order valence-electron chi connectivity index (χ4n) is 2.39. The van der Waals surface area contributed by atoms with E-state index in [1.54, 1.807) is 18.2 Å². The van der Waals surface area contributed by atoms with Crippen molar-refractivity contribution in [1.82, 2.24) is 9.78 Å². The van der Waals surface area contributed by atoms with Crippen molar-refractivity contribution in [3.63, 3.8) is 0 Å². The van der Waals surface area contributed by atoms with Gasteiger partial charge in [-0.3, -0.25) is 9.48 Å². The van der Waals surface area contributed by atoms with Gasteiger partial charge < -0.3 is 0 Å². The van der Waals surface area contributed by atoms with E-state index in [1.807, 2.05) is 25.6 Å². The van der Waals surface area contributed by atoms with Gasteiger partial charge in [0.15, 0.2) is 0 Å². The average molecular weight is 274 g/mol. The first-order chi connectivity index (χ1) is 9.49. The summed E-state index contributed by atoms with van der Waals surface area (Å²) in [5.74, 6) is -0.257. The van der Waals surface area contributed by atoms with E-state index in [0.29, 0.717) is 18.4 Å². The molecule has 0 spiro atoms. The summed E-state index contributed by atoms with van der Waals surface area (Å²) in [6, 6.07) is 6.43. The SMILES string of the molecule is Cc1nn(C)c(C)c1CCC(=O)Cc1ccccc1F. The van der Waals surface area contributed by atoms with Gasteiger partial charge in [-0.2, -0.15) is 5.10 Å². The number of aryl methyl sites for hydroxylation is 2. The number of nitrogens with zero attached hydrogens (tertiary/aromatic N) is 2. The van der Waals surface area contributed by atoms with E-state index < -0.39 is 0 Å². The standard InChI is InChI=1S/C16H19FN2O/c1-11-15(12(2)19(3)18-11)9-8-14(20)10-13-6-4-5-7-16(13)17/h4-7H,8-10H2,1-3H3. The quantitative estimate of drug-likeness (QED) is 0.840. The number of hydrogen-bond acceptors (Lipinski definition) is 2. The van der Waals surface area contributed by atoms with Gasteiger partial charge in [0.05, 0.1) is 5.69 Å². The van der Waals surface area contributed by atoms with E-state index in [0.717, 1.165) is 17.0 Å². The van der Waals surface area contributed by atoms with Gasteiger partial charge >= 0.3 is 0 Å². The van der Waals surface area contributed by atoms with Gasteiger partial charge in [-0.05, 0) is 37.5 Å². The van der Waals surface area contributed by atoms with Crippen molar-refractivity contribution < 1.29 is 9.18 Å². The third-order valence-electron chi connectivity index (χ3n) is 3.66. The summed E-state index contributed by atoms with van der Waals surface area (Å²) < 4.78 is 15.3. The number of carbonyl (C=O) groups is 1. The molecule has 0 radical (unpaired) electrons. The highest BCUT2D eigenvalue weighted by Crippen LogP contribution is 2.15. The summed E-state index contributed by atoms with van der Waals surface area (Å²) in [4.78, 5) is 12.0. The van der Waals surface area contributed by atoms with Gasteiger partial charge in [0, 0.05) is 25.6 Å². The van der Waals surface area contributed by atoms with Crippen molar-refractivity contribution in [1.29, 1.82) is 0 Å². The molecule has 20 heavy (non-hydrogen) atoms. The minimum Gasteiger partial charge on any atom is -0.299 e. The van der Waals surface area contributed by atoms with Crippen LogP contribution in [0.5, 0.6) is 0 Å². The van der Waals surface area contributed by atoms with Crippen molar-refractivity contribution in [2.45, 2.75) is 33.1 Å². The van der Waals surface area contributed by atoms with Crippen molar-refractivity contribution in [3.05, 3.63) is 52.6 Å². The smallest absolute Gasteiger partial charge is 0.137 e. The molecule has 0 aliphatic carbocycles. The molecule has 106 valence electrons. The molecule has 0 unspecified atom stereocenters.